The minimum Gasteiger partial charge on any atom is -0.496 e. The first kappa shape index (κ1) is 17.1. The first-order valence-corrected chi connectivity index (χ1v) is 8.79. The van der Waals surface area contributed by atoms with E-state index in [9.17, 15) is 10.2 Å². The van der Waals surface area contributed by atoms with Crippen LogP contribution in [-0.4, -0.2) is 40.3 Å². The molecule has 1 saturated carbocycles. The summed E-state index contributed by atoms with van der Waals surface area (Å²) in [6.45, 7) is -0.0878. The lowest BCUT2D eigenvalue weighted by molar-refractivity contribution is 0.144. The summed E-state index contributed by atoms with van der Waals surface area (Å²) in [5.41, 5.74) is 10.6. The molecule has 7 heteroatoms. The molecule has 0 spiro atoms. The van der Waals surface area contributed by atoms with Crippen molar-refractivity contribution in [1.82, 2.24) is 9.58 Å². The Kier molecular flexibility index (Phi) is 4.22. The van der Waals surface area contributed by atoms with Crippen molar-refractivity contribution in [2.75, 3.05) is 14.2 Å². The summed E-state index contributed by atoms with van der Waals surface area (Å²) >= 11 is 0. The number of aliphatic hydroxyl groups excluding tert-OH is 2. The number of benzene rings is 1. The van der Waals surface area contributed by atoms with Crippen LogP contribution in [0.15, 0.2) is 29.4 Å². The van der Waals surface area contributed by atoms with E-state index in [1.54, 1.807) is 18.1 Å². The van der Waals surface area contributed by atoms with Gasteiger partial charge in [0.15, 0.2) is 0 Å². The van der Waals surface area contributed by atoms with E-state index in [0.717, 1.165) is 40.9 Å². The minimum atomic E-state index is -0.547. The maximum atomic E-state index is 10.7. The van der Waals surface area contributed by atoms with Gasteiger partial charge in [0.25, 0.3) is 0 Å². The molecule has 2 aliphatic rings. The first-order chi connectivity index (χ1) is 12.5. The number of hydrogen-bond donors (Lipinski definition) is 3. The third-order valence-electron chi connectivity index (χ3n) is 5.25. The molecule has 0 saturated heterocycles. The Bertz CT molecular complexity index is 857. The third-order valence-corrected chi connectivity index (χ3v) is 5.25. The zero-order valence-corrected chi connectivity index (χ0v) is 15.0. The van der Waals surface area contributed by atoms with Gasteiger partial charge < -0.3 is 25.6 Å². The van der Waals surface area contributed by atoms with Crippen LogP contribution in [0.25, 0.3) is 11.1 Å². The van der Waals surface area contributed by atoms with Gasteiger partial charge in [-0.2, -0.15) is 5.10 Å². The van der Waals surface area contributed by atoms with Gasteiger partial charge in [0, 0.05) is 18.2 Å². The lowest BCUT2D eigenvalue weighted by atomic mass is 10.0. The third kappa shape index (κ3) is 2.68. The van der Waals surface area contributed by atoms with Crippen LogP contribution in [-0.2, 0) is 6.61 Å². The number of hydrogen-bond acceptors (Lipinski definition) is 6. The monoisotopic (exact) mass is 356 g/mol. The molecule has 1 fully saturated rings. The van der Waals surface area contributed by atoms with Crippen molar-refractivity contribution in [3.63, 3.8) is 0 Å². The molecule has 1 aliphatic heterocycles. The second-order valence-electron chi connectivity index (χ2n) is 6.99. The highest BCUT2D eigenvalue weighted by Gasteiger charge is 2.36. The van der Waals surface area contributed by atoms with Gasteiger partial charge in [-0.05, 0) is 36.5 Å². The smallest absolute Gasteiger partial charge is 0.124 e. The zero-order valence-electron chi connectivity index (χ0n) is 15.0. The summed E-state index contributed by atoms with van der Waals surface area (Å²) in [5, 5.41) is 24.7. The summed E-state index contributed by atoms with van der Waals surface area (Å²) in [5.74, 6) is 0.912. The van der Waals surface area contributed by atoms with Crippen LogP contribution in [0, 0.1) is 5.92 Å². The fourth-order valence-corrected chi connectivity index (χ4v) is 3.49. The highest BCUT2D eigenvalue weighted by Crippen LogP contribution is 2.44. The van der Waals surface area contributed by atoms with Gasteiger partial charge in [0.1, 0.15) is 18.3 Å². The molecule has 0 bridgehead atoms. The quantitative estimate of drug-likeness (QED) is 0.759. The summed E-state index contributed by atoms with van der Waals surface area (Å²) < 4.78 is 7.18. The van der Waals surface area contributed by atoms with Crippen LogP contribution in [0.2, 0.25) is 0 Å². The highest BCUT2D eigenvalue weighted by molar-refractivity contribution is 5.72. The number of aromatic nitrogens is 1. The summed E-state index contributed by atoms with van der Waals surface area (Å²) in [7, 11) is 3.46. The second kappa shape index (κ2) is 6.42. The molecule has 2 unspecified atom stereocenters. The van der Waals surface area contributed by atoms with Crippen molar-refractivity contribution in [3.8, 4) is 16.9 Å². The Labute approximate surface area is 152 Å². The summed E-state index contributed by atoms with van der Waals surface area (Å²) in [6, 6.07) is 7.64. The van der Waals surface area contributed by atoms with Crippen molar-refractivity contribution in [2.45, 2.75) is 31.7 Å². The number of ether oxygens (including phenoxy) is 1. The first-order valence-electron chi connectivity index (χ1n) is 8.79. The molecule has 1 aromatic carbocycles. The predicted molar refractivity (Wildman–Crippen MR) is 98.6 cm³/mol. The van der Waals surface area contributed by atoms with Crippen molar-refractivity contribution in [2.24, 2.45) is 16.8 Å². The number of methoxy groups -OCH3 is 1. The maximum Gasteiger partial charge on any atom is 0.124 e. The van der Waals surface area contributed by atoms with Gasteiger partial charge in [-0.15, -0.1) is 0 Å². The Hall–Kier alpha value is -2.35. The Morgan fingerprint density at radius 1 is 1.35 bits per heavy atom. The highest BCUT2D eigenvalue weighted by atomic mass is 16.5. The molecule has 4 rings (SSSR count). The lowest BCUT2D eigenvalue weighted by Gasteiger charge is -2.28. The van der Waals surface area contributed by atoms with E-state index >= 15 is 0 Å². The van der Waals surface area contributed by atoms with Crippen molar-refractivity contribution in [1.29, 1.82) is 0 Å². The molecule has 1 aromatic heterocycles. The van der Waals surface area contributed by atoms with Gasteiger partial charge in [0.2, 0.25) is 0 Å². The number of nitrogens with zero attached hydrogens (tertiary/aromatic N) is 3. The van der Waals surface area contributed by atoms with Crippen molar-refractivity contribution in [3.05, 3.63) is 41.2 Å². The topological polar surface area (TPSA) is 96.2 Å². The molecular weight excluding hydrogens is 332 g/mol. The SMILES string of the molecule is COc1cc(-c2cc(C(O)C3CC3)n3c2C(N)N(C)C=N3)ccc1CO. The largest absolute Gasteiger partial charge is 0.496 e. The molecule has 138 valence electrons. The average Bonchev–Trinajstić information content (AvgIpc) is 3.44. The average molecular weight is 356 g/mol. The molecule has 1 aliphatic carbocycles. The van der Waals surface area contributed by atoms with Gasteiger partial charge >= 0.3 is 0 Å². The van der Waals surface area contributed by atoms with Crippen LogP contribution in [0.3, 0.4) is 0 Å². The standard InChI is InChI=1S/C19H24N4O3/c1-22-10-21-23-15(18(25)11-3-4-11)8-14(17(23)19(22)20)12-5-6-13(9-24)16(7-12)26-2/h5-8,10-11,18-19,24-25H,3-4,9,20H2,1-2H3. The Morgan fingerprint density at radius 2 is 2.12 bits per heavy atom. The molecule has 2 aromatic rings. The molecule has 2 heterocycles. The van der Waals surface area contributed by atoms with Crippen LogP contribution in [0.5, 0.6) is 5.75 Å². The summed E-state index contributed by atoms with van der Waals surface area (Å²) in [6.07, 6.45) is 2.83. The second-order valence-corrected chi connectivity index (χ2v) is 6.99. The van der Waals surface area contributed by atoms with E-state index in [0.29, 0.717) is 11.7 Å². The molecule has 26 heavy (non-hydrogen) atoms. The zero-order chi connectivity index (χ0) is 18.4. The van der Waals surface area contributed by atoms with E-state index in [1.807, 2.05) is 36.2 Å². The Morgan fingerprint density at radius 3 is 2.77 bits per heavy atom. The van der Waals surface area contributed by atoms with Crippen LogP contribution >= 0.6 is 0 Å². The number of rotatable bonds is 5. The maximum absolute atomic E-state index is 10.7. The van der Waals surface area contributed by atoms with Crippen LogP contribution in [0.4, 0.5) is 0 Å². The number of aliphatic hydroxyl groups is 2. The Balaban J connectivity index is 1.87. The van der Waals surface area contributed by atoms with Gasteiger partial charge in [-0.25, -0.2) is 4.68 Å². The molecular formula is C19H24N4O3. The van der Waals surface area contributed by atoms with Crippen molar-refractivity contribution >= 4 is 6.34 Å². The predicted octanol–water partition coefficient (Wildman–Crippen LogP) is 1.79. The van der Waals surface area contributed by atoms with E-state index in [2.05, 4.69) is 5.10 Å². The fraction of sp³-hybridized carbons (Fsp3) is 0.421. The van der Waals surface area contributed by atoms with Crippen molar-refractivity contribution < 1.29 is 14.9 Å². The molecule has 0 radical (unpaired) electrons. The van der Waals surface area contributed by atoms with Crippen LogP contribution < -0.4 is 10.5 Å². The normalized spacial score (nSPS) is 20.2. The van der Waals surface area contributed by atoms with E-state index < -0.39 is 6.10 Å². The minimum absolute atomic E-state index is 0.0878. The number of nitrogens with two attached hydrogens (primary N) is 1. The molecule has 0 amide bonds. The lowest BCUT2D eigenvalue weighted by Crippen LogP contribution is -2.35. The molecule has 4 N–H and O–H groups in total. The van der Waals surface area contributed by atoms with E-state index in [1.165, 1.54) is 0 Å². The molecule has 2 atom stereocenters. The van der Waals surface area contributed by atoms with Crippen LogP contribution in [0.1, 0.15) is 42.1 Å². The van der Waals surface area contributed by atoms with Gasteiger partial charge in [-0.1, -0.05) is 12.1 Å². The van der Waals surface area contributed by atoms with E-state index in [4.69, 9.17) is 10.5 Å². The van der Waals surface area contributed by atoms with E-state index in [-0.39, 0.29) is 12.8 Å². The molecule has 7 nitrogen and oxygen atoms in total. The fourth-order valence-electron chi connectivity index (χ4n) is 3.49. The number of fused-ring (bicyclic) bond motifs is 1. The van der Waals surface area contributed by atoms with Gasteiger partial charge in [0.05, 0.1) is 31.2 Å². The summed E-state index contributed by atoms with van der Waals surface area (Å²) in [4.78, 5) is 1.84. The van der Waals surface area contributed by atoms with Gasteiger partial charge in [-0.3, -0.25) is 0 Å².